The maximum atomic E-state index is 13.1. The zero-order valence-corrected chi connectivity index (χ0v) is 42.7. The molecule has 2 aliphatic carbocycles. The van der Waals surface area contributed by atoms with Gasteiger partial charge in [-0.3, -0.25) is 20.2 Å². The van der Waals surface area contributed by atoms with Gasteiger partial charge in [0.05, 0.1) is 11.4 Å². The summed E-state index contributed by atoms with van der Waals surface area (Å²) < 4.78 is 26.2. The molecule has 6 amide bonds. The fourth-order valence-corrected chi connectivity index (χ4v) is 10.7. The first-order chi connectivity index (χ1) is 32.4. The molecular weight excluding hydrogens is 907 g/mol. The lowest BCUT2D eigenvalue weighted by Gasteiger charge is -2.41. The number of benzene rings is 2. The highest BCUT2D eigenvalue weighted by Crippen LogP contribution is 2.31. The van der Waals surface area contributed by atoms with Crippen LogP contribution in [-0.4, -0.2) is 132 Å². The van der Waals surface area contributed by atoms with Gasteiger partial charge >= 0.3 is 12.1 Å². The molecule has 6 rings (SSSR count). The van der Waals surface area contributed by atoms with E-state index in [0.29, 0.717) is 10.3 Å². The second kappa shape index (κ2) is 26.6. The fraction of sp³-hybridized carbons (Fsp3) is 0.560. The van der Waals surface area contributed by atoms with E-state index in [-0.39, 0.29) is 71.5 Å². The van der Waals surface area contributed by atoms with Crippen LogP contribution in [0.4, 0.5) is 28.6 Å². The smallest absolute Gasteiger partial charge is 0.321 e. The van der Waals surface area contributed by atoms with Crippen LogP contribution in [0.1, 0.15) is 87.7 Å². The van der Waals surface area contributed by atoms with E-state index < -0.39 is 0 Å². The second-order valence-electron chi connectivity index (χ2n) is 18.7. The van der Waals surface area contributed by atoms with Crippen LogP contribution in [0, 0.1) is 37.3 Å². The molecule has 18 heteroatoms. The molecule has 0 aliphatic heterocycles. The van der Waals surface area contributed by atoms with Crippen molar-refractivity contribution < 1.29 is 28.0 Å². The van der Waals surface area contributed by atoms with E-state index in [1.807, 2.05) is 72.8 Å². The number of aryl methyl sites for hydroxylation is 4. The Hall–Kier alpha value is -5.04. The Morgan fingerprint density at radius 1 is 0.603 bits per heavy atom. The van der Waals surface area contributed by atoms with Crippen LogP contribution >= 0.6 is 22.7 Å². The minimum absolute atomic E-state index is 0.0252. The number of aromatic nitrogens is 2. The van der Waals surface area contributed by atoms with Gasteiger partial charge in [-0.05, 0) is 152 Å². The average molecular weight is 979 g/mol. The highest BCUT2D eigenvalue weighted by Gasteiger charge is 2.36. The Morgan fingerprint density at radius 3 is 1.29 bits per heavy atom. The number of nitrogens with one attached hydrogen (secondary N) is 4. The van der Waals surface area contributed by atoms with E-state index in [4.69, 9.17) is 0 Å². The summed E-state index contributed by atoms with van der Waals surface area (Å²) in [5.74, 6) is 0.159. The minimum Gasteiger partial charge on any atom is -0.343 e. The molecular formula is C50H72F2N10O4S2. The van der Waals surface area contributed by atoms with Crippen LogP contribution in [0.15, 0.2) is 59.3 Å². The van der Waals surface area contributed by atoms with Crippen LogP contribution in [0.3, 0.4) is 0 Å². The van der Waals surface area contributed by atoms with E-state index in [1.54, 1.807) is 13.8 Å². The van der Waals surface area contributed by atoms with Gasteiger partial charge in [-0.2, -0.15) is 0 Å². The number of anilines is 2. The zero-order valence-electron chi connectivity index (χ0n) is 41.0. The Kier molecular flexibility index (Phi) is 21.1. The third kappa shape index (κ3) is 17.8. The number of urea groups is 2. The van der Waals surface area contributed by atoms with Crippen molar-refractivity contribution >= 4 is 56.8 Å². The van der Waals surface area contributed by atoms with Crippen molar-refractivity contribution in [2.75, 3.05) is 65.0 Å². The van der Waals surface area contributed by atoms with Gasteiger partial charge < -0.3 is 30.2 Å². The molecule has 68 heavy (non-hydrogen) atoms. The standard InChI is InChI=1S/2C25H36FN5O2S/c2*1-17-16-34-25(27-17)29-24(33)28-23-12-11-22(31(4)18(2)32)14-20(23)15-30(3)13-5-6-19-7-9-21(26)10-8-19/h2*7-10,16,20,22-23H,5-6,11-15H2,1-4H3,(H2,27,28,29,33)/t20-,22+,23+;20-,22-,23+/m00/s1. The van der Waals surface area contributed by atoms with E-state index in [0.717, 1.165) is 113 Å². The molecule has 6 atom stereocenters. The molecule has 0 unspecified atom stereocenters. The lowest BCUT2D eigenvalue weighted by Crippen LogP contribution is -2.52. The predicted molar refractivity (Wildman–Crippen MR) is 269 cm³/mol. The van der Waals surface area contributed by atoms with E-state index >= 15 is 0 Å². The van der Waals surface area contributed by atoms with Gasteiger partial charge in [0, 0.05) is 76.0 Å². The number of carbonyl (C=O) groups excluding carboxylic acids is 4. The normalized spacial score (nSPS) is 20.2. The number of hydrogen-bond donors (Lipinski definition) is 4. The number of rotatable bonds is 18. The Labute approximate surface area is 409 Å². The summed E-state index contributed by atoms with van der Waals surface area (Å²) in [5.41, 5.74) is 4.02. The number of hydrogen-bond acceptors (Lipinski definition) is 10. The van der Waals surface area contributed by atoms with E-state index in [9.17, 15) is 28.0 Å². The molecule has 0 bridgehead atoms. The predicted octanol–water partition coefficient (Wildman–Crippen LogP) is 8.58. The van der Waals surface area contributed by atoms with Gasteiger partial charge in [0.25, 0.3) is 0 Å². The molecule has 2 aromatic heterocycles. The van der Waals surface area contributed by atoms with Gasteiger partial charge in [-0.1, -0.05) is 24.3 Å². The summed E-state index contributed by atoms with van der Waals surface area (Å²) >= 11 is 2.82. The third-order valence-corrected chi connectivity index (χ3v) is 15.0. The number of carbonyl (C=O) groups is 4. The number of nitrogens with zero attached hydrogens (tertiary/aromatic N) is 6. The summed E-state index contributed by atoms with van der Waals surface area (Å²) in [5, 5.41) is 17.0. The van der Waals surface area contributed by atoms with Crippen LogP contribution in [0.5, 0.6) is 0 Å². The Balaban J connectivity index is 0.000000254. The Morgan fingerprint density at radius 2 is 0.971 bits per heavy atom. The molecule has 0 spiro atoms. The van der Waals surface area contributed by atoms with Crippen molar-refractivity contribution in [3.05, 3.63) is 93.4 Å². The molecule has 14 nitrogen and oxygen atoms in total. The molecule has 4 N–H and O–H groups in total. The average Bonchev–Trinajstić information content (AvgIpc) is 3.91. The third-order valence-electron chi connectivity index (χ3n) is 13.2. The summed E-state index contributed by atoms with van der Waals surface area (Å²) in [4.78, 5) is 66.0. The van der Waals surface area contributed by atoms with Crippen molar-refractivity contribution in [2.24, 2.45) is 11.8 Å². The highest BCUT2D eigenvalue weighted by molar-refractivity contribution is 7.14. The van der Waals surface area contributed by atoms with Gasteiger partial charge in [-0.15, -0.1) is 22.7 Å². The van der Waals surface area contributed by atoms with Gasteiger partial charge in [0.1, 0.15) is 11.6 Å². The second-order valence-corrected chi connectivity index (χ2v) is 20.4. The maximum Gasteiger partial charge on any atom is 0.321 e. The first kappa shape index (κ1) is 53.9. The van der Waals surface area contributed by atoms with Gasteiger partial charge in [-0.25, -0.2) is 28.3 Å². The highest BCUT2D eigenvalue weighted by atomic mass is 32.1. The van der Waals surface area contributed by atoms with Crippen molar-refractivity contribution in [3.8, 4) is 0 Å². The van der Waals surface area contributed by atoms with Crippen molar-refractivity contribution in [1.82, 2.24) is 40.2 Å². The zero-order chi connectivity index (χ0) is 49.3. The summed E-state index contributed by atoms with van der Waals surface area (Å²) in [6, 6.07) is 13.3. The SMILES string of the molecule is CC(=O)N(C)[C@@H]1CC[C@@H](NC(=O)Nc2nc(C)cs2)[C@H](CN(C)CCCc2ccc(F)cc2)C1.CC(=O)N(C)[C@H]1CC[C@@H](NC(=O)Nc2nc(C)cs2)[C@H](CN(C)CCCc2ccc(F)cc2)C1. The van der Waals surface area contributed by atoms with Crippen molar-refractivity contribution in [1.29, 1.82) is 0 Å². The molecule has 4 aromatic rings. The number of halogens is 2. The van der Waals surface area contributed by atoms with E-state index in [1.165, 1.54) is 46.9 Å². The fourth-order valence-electron chi connectivity index (χ4n) is 9.30. The molecule has 0 saturated heterocycles. The van der Waals surface area contributed by atoms with E-state index in [2.05, 4.69) is 55.1 Å². The quantitative estimate of drug-likeness (QED) is 0.0774. The molecule has 372 valence electrons. The van der Waals surface area contributed by atoms with Gasteiger partial charge in [0.2, 0.25) is 11.8 Å². The largest absolute Gasteiger partial charge is 0.343 e. The lowest BCUT2D eigenvalue weighted by atomic mass is 9.80. The summed E-state index contributed by atoms with van der Waals surface area (Å²) in [6.07, 6.45) is 8.77. The molecule has 0 radical (unpaired) electrons. The summed E-state index contributed by atoms with van der Waals surface area (Å²) in [6.45, 7) is 10.5. The van der Waals surface area contributed by atoms with Crippen LogP contribution in [-0.2, 0) is 22.4 Å². The number of amides is 6. The number of thiazole rings is 2. The minimum atomic E-state index is -0.235. The first-order valence-corrected chi connectivity index (χ1v) is 25.5. The molecule has 2 aromatic carbocycles. The van der Waals surface area contributed by atoms with Gasteiger partial charge in [0.15, 0.2) is 10.3 Å². The molecule has 2 heterocycles. The molecule has 2 saturated carbocycles. The molecule has 2 aliphatic rings. The van der Waals surface area contributed by atoms with Crippen LogP contribution in [0.2, 0.25) is 0 Å². The molecule has 2 fully saturated rings. The Bertz CT molecular complexity index is 2060. The van der Waals surface area contributed by atoms with Crippen molar-refractivity contribution in [2.45, 2.75) is 116 Å². The van der Waals surface area contributed by atoms with Crippen molar-refractivity contribution in [3.63, 3.8) is 0 Å². The lowest BCUT2D eigenvalue weighted by molar-refractivity contribution is -0.131. The maximum absolute atomic E-state index is 13.1. The topological polar surface area (TPSA) is 155 Å². The first-order valence-electron chi connectivity index (χ1n) is 23.7. The van der Waals surface area contributed by atoms with Crippen LogP contribution in [0.25, 0.3) is 0 Å². The van der Waals surface area contributed by atoms with Crippen LogP contribution < -0.4 is 21.3 Å². The monoisotopic (exact) mass is 979 g/mol. The summed E-state index contributed by atoms with van der Waals surface area (Å²) in [7, 11) is 7.92.